The predicted octanol–water partition coefficient (Wildman–Crippen LogP) is 3.05. The monoisotopic (exact) mass is 339 g/mol. The molecule has 4 nitrogen and oxygen atoms in total. The number of piperidine rings is 2. The lowest BCUT2D eigenvalue weighted by Crippen LogP contribution is -2.62. The van der Waals surface area contributed by atoms with Gasteiger partial charge in [-0.15, -0.1) is 0 Å². The van der Waals surface area contributed by atoms with Crippen LogP contribution in [0.25, 0.3) is 10.9 Å². The summed E-state index contributed by atoms with van der Waals surface area (Å²) in [6.07, 6.45) is 7.56. The highest BCUT2D eigenvalue weighted by atomic mass is 16.3. The third-order valence-electron chi connectivity index (χ3n) is 6.01. The summed E-state index contributed by atoms with van der Waals surface area (Å²) in [5.41, 5.74) is 1.76. The molecule has 2 aromatic rings. The topological polar surface area (TPSA) is 39.6 Å². The molecule has 2 atom stereocenters. The van der Waals surface area contributed by atoms with Gasteiger partial charge >= 0.3 is 0 Å². The van der Waals surface area contributed by atoms with Gasteiger partial charge < -0.3 is 5.11 Å². The van der Waals surface area contributed by atoms with Crippen molar-refractivity contribution in [2.45, 2.75) is 50.3 Å². The first kappa shape index (κ1) is 17.0. The highest BCUT2D eigenvalue weighted by molar-refractivity contribution is 5.81. The minimum atomic E-state index is -0.573. The summed E-state index contributed by atoms with van der Waals surface area (Å²) in [5, 5.41) is 12.6. The lowest BCUT2D eigenvalue weighted by Gasteiger charge is -2.50. The average Bonchev–Trinajstić information content (AvgIpc) is 2.62. The van der Waals surface area contributed by atoms with E-state index in [4.69, 9.17) is 0 Å². The van der Waals surface area contributed by atoms with Gasteiger partial charge in [0.05, 0.1) is 11.1 Å². The lowest BCUT2D eigenvalue weighted by molar-refractivity contribution is -0.107. The van der Waals surface area contributed by atoms with E-state index in [1.165, 1.54) is 23.8 Å². The number of benzene rings is 1. The molecule has 2 aliphatic heterocycles. The van der Waals surface area contributed by atoms with E-state index >= 15 is 0 Å². The first-order valence-electron chi connectivity index (χ1n) is 9.63. The van der Waals surface area contributed by atoms with Gasteiger partial charge in [-0.25, -0.2) is 0 Å². The molecule has 0 aliphatic carbocycles. The van der Waals surface area contributed by atoms with Crippen molar-refractivity contribution in [2.24, 2.45) is 0 Å². The number of rotatable bonds is 4. The van der Waals surface area contributed by atoms with E-state index in [1.807, 2.05) is 12.3 Å². The third kappa shape index (κ3) is 3.43. The molecule has 4 rings (SSSR count). The minimum absolute atomic E-state index is 0.339. The van der Waals surface area contributed by atoms with Crippen molar-refractivity contribution in [3.05, 3.63) is 42.1 Å². The number of fused-ring (bicyclic) bond motifs is 2. The Labute approximate surface area is 150 Å². The van der Waals surface area contributed by atoms with Gasteiger partial charge in [0.15, 0.2) is 0 Å². The van der Waals surface area contributed by atoms with Crippen LogP contribution in [0.3, 0.4) is 0 Å². The van der Waals surface area contributed by atoms with E-state index in [-0.39, 0.29) is 0 Å². The second kappa shape index (κ2) is 7.02. The minimum Gasteiger partial charge on any atom is -0.387 e. The maximum absolute atomic E-state index is 11.4. The Kier molecular flexibility index (Phi) is 4.76. The second-order valence-electron chi connectivity index (χ2n) is 7.91. The molecule has 134 valence electrons. The number of likely N-dealkylation sites (N-methyl/N-ethyl adjacent to an activating group) is 1. The van der Waals surface area contributed by atoms with Gasteiger partial charge in [0, 0.05) is 30.7 Å². The number of hydrogen-bond acceptors (Lipinski definition) is 4. The molecule has 1 aromatic heterocycles. The Balaban J connectivity index is 1.50. The normalized spacial score (nSPS) is 27.6. The van der Waals surface area contributed by atoms with Crippen LogP contribution in [0.1, 0.15) is 37.7 Å². The van der Waals surface area contributed by atoms with Crippen LogP contribution in [0.4, 0.5) is 0 Å². The second-order valence-corrected chi connectivity index (χ2v) is 7.91. The molecule has 3 heterocycles. The average molecular weight is 339 g/mol. The van der Waals surface area contributed by atoms with E-state index in [1.54, 1.807) is 0 Å². The predicted molar refractivity (Wildman–Crippen MR) is 101 cm³/mol. The first-order valence-corrected chi connectivity index (χ1v) is 9.63. The van der Waals surface area contributed by atoms with Crippen molar-refractivity contribution in [1.29, 1.82) is 0 Å². The van der Waals surface area contributed by atoms with Gasteiger partial charge in [0.1, 0.15) is 0 Å². The van der Waals surface area contributed by atoms with Gasteiger partial charge in [-0.2, -0.15) is 0 Å². The fraction of sp³-hybridized carbons (Fsp3) is 0.571. The molecule has 25 heavy (non-hydrogen) atoms. The Morgan fingerprint density at radius 3 is 3.00 bits per heavy atom. The van der Waals surface area contributed by atoms with Gasteiger partial charge in [-0.3, -0.25) is 14.8 Å². The van der Waals surface area contributed by atoms with Crippen LogP contribution in [-0.4, -0.2) is 58.2 Å². The molecule has 0 amide bonds. The van der Waals surface area contributed by atoms with Crippen molar-refractivity contribution in [3.8, 4) is 0 Å². The van der Waals surface area contributed by atoms with Crippen LogP contribution < -0.4 is 0 Å². The maximum Gasteiger partial charge on any atom is 0.0928 e. The number of aliphatic hydroxyl groups is 1. The van der Waals surface area contributed by atoms with Crippen LogP contribution in [-0.2, 0) is 6.54 Å². The molecule has 2 aliphatic rings. The molecule has 1 aromatic carbocycles. The quantitative estimate of drug-likeness (QED) is 0.929. The molecule has 0 unspecified atom stereocenters. The Hall–Kier alpha value is -1.49. The van der Waals surface area contributed by atoms with Crippen LogP contribution in [0.15, 0.2) is 36.5 Å². The number of aromatic nitrogens is 1. The highest BCUT2D eigenvalue weighted by Gasteiger charge is 2.44. The van der Waals surface area contributed by atoms with Crippen molar-refractivity contribution in [1.82, 2.24) is 14.8 Å². The molecule has 0 bridgehead atoms. The zero-order valence-corrected chi connectivity index (χ0v) is 15.2. The lowest BCUT2D eigenvalue weighted by atomic mass is 9.79. The van der Waals surface area contributed by atoms with Crippen molar-refractivity contribution < 1.29 is 5.11 Å². The van der Waals surface area contributed by atoms with Crippen LogP contribution in [0, 0.1) is 0 Å². The van der Waals surface area contributed by atoms with Crippen LogP contribution in [0.5, 0.6) is 0 Å². The van der Waals surface area contributed by atoms with Gasteiger partial charge in [-0.1, -0.05) is 24.6 Å². The summed E-state index contributed by atoms with van der Waals surface area (Å²) in [7, 11) is 2.13. The summed E-state index contributed by atoms with van der Waals surface area (Å²) in [4.78, 5) is 9.28. The molecular weight excluding hydrogens is 310 g/mol. The SMILES string of the molecule is CN(Cc1cccc2ncccc12)C[C@]1(O)CCCN2CCCC[C@@H]21. The molecule has 2 saturated heterocycles. The molecule has 0 spiro atoms. The standard InChI is InChI=1S/C21H29N3O/c1-23(15-17-7-4-9-19-18(17)8-5-12-22-19)16-21(25)11-6-14-24-13-3-2-10-20(21)24/h4-5,7-9,12,20,25H,2-3,6,10-11,13-16H2,1H3/t20-,21-/m1/s1. The van der Waals surface area contributed by atoms with E-state index < -0.39 is 5.60 Å². The molecular formula is C21H29N3O. The van der Waals surface area contributed by atoms with E-state index in [0.29, 0.717) is 6.04 Å². The maximum atomic E-state index is 11.4. The molecule has 4 heteroatoms. The number of hydrogen-bond donors (Lipinski definition) is 1. The summed E-state index contributed by atoms with van der Waals surface area (Å²) >= 11 is 0. The van der Waals surface area contributed by atoms with E-state index in [0.717, 1.165) is 51.0 Å². The van der Waals surface area contributed by atoms with Crippen molar-refractivity contribution >= 4 is 10.9 Å². The van der Waals surface area contributed by atoms with Crippen molar-refractivity contribution in [3.63, 3.8) is 0 Å². The van der Waals surface area contributed by atoms with Crippen LogP contribution >= 0.6 is 0 Å². The van der Waals surface area contributed by atoms with E-state index in [9.17, 15) is 5.11 Å². The molecule has 0 radical (unpaired) electrons. The number of pyridine rings is 1. The summed E-state index contributed by atoms with van der Waals surface area (Å²) < 4.78 is 0. The highest BCUT2D eigenvalue weighted by Crippen LogP contribution is 2.34. The van der Waals surface area contributed by atoms with Gasteiger partial charge in [-0.05, 0) is 63.5 Å². The van der Waals surface area contributed by atoms with Crippen molar-refractivity contribution in [2.75, 3.05) is 26.7 Å². The van der Waals surface area contributed by atoms with Crippen LogP contribution in [0.2, 0.25) is 0 Å². The molecule has 0 saturated carbocycles. The fourth-order valence-electron chi connectivity index (χ4n) is 4.93. The Morgan fingerprint density at radius 2 is 2.08 bits per heavy atom. The van der Waals surface area contributed by atoms with Gasteiger partial charge in [0.25, 0.3) is 0 Å². The summed E-state index contributed by atoms with van der Waals surface area (Å²) in [6.45, 7) is 3.90. The smallest absolute Gasteiger partial charge is 0.0928 e. The Morgan fingerprint density at radius 1 is 1.20 bits per heavy atom. The fourth-order valence-corrected chi connectivity index (χ4v) is 4.93. The molecule has 2 fully saturated rings. The zero-order chi connectivity index (χ0) is 17.3. The first-order chi connectivity index (χ1) is 12.2. The zero-order valence-electron chi connectivity index (χ0n) is 15.2. The largest absolute Gasteiger partial charge is 0.387 e. The van der Waals surface area contributed by atoms with Gasteiger partial charge in [0.2, 0.25) is 0 Å². The summed E-state index contributed by atoms with van der Waals surface area (Å²) in [6, 6.07) is 10.8. The Bertz CT molecular complexity index is 727. The number of nitrogens with zero attached hydrogens (tertiary/aromatic N) is 3. The third-order valence-corrected chi connectivity index (χ3v) is 6.01. The molecule has 1 N–H and O–H groups in total. The van der Waals surface area contributed by atoms with E-state index in [2.05, 4.69) is 46.1 Å². The summed E-state index contributed by atoms with van der Waals surface area (Å²) in [5.74, 6) is 0.